The van der Waals surface area contributed by atoms with Gasteiger partial charge in [-0.2, -0.15) is 0 Å². The molecule has 0 bridgehead atoms. The Labute approximate surface area is 243 Å². The van der Waals surface area contributed by atoms with Crippen LogP contribution in [0.15, 0.2) is 60.7 Å². The highest BCUT2D eigenvalue weighted by Crippen LogP contribution is 2.44. The van der Waals surface area contributed by atoms with Crippen LogP contribution in [0.4, 0.5) is 14.5 Å². The fourth-order valence-electron chi connectivity index (χ4n) is 4.70. The molecule has 0 N–H and O–H groups in total. The van der Waals surface area contributed by atoms with Gasteiger partial charge in [0.1, 0.15) is 9.88 Å². The quantitative estimate of drug-likeness (QED) is 0.359. The van der Waals surface area contributed by atoms with Crippen molar-refractivity contribution in [3.63, 3.8) is 0 Å². The highest BCUT2D eigenvalue weighted by Gasteiger charge is 2.42. The van der Waals surface area contributed by atoms with Crippen LogP contribution in [0.3, 0.4) is 0 Å². The summed E-state index contributed by atoms with van der Waals surface area (Å²) in [6.07, 6.45) is 0.488. The van der Waals surface area contributed by atoms with Crippen molar-refractivity contribution in [2.75, 3.05) is 44.7 Å². The number of amides is 2. The van der Waals surface area contributed by atoms with Crippen LogP contribution < -0.4 is 4.90 Å². The van der Waals surface area contributed by atoms with Crippen LogP contribution in [0.2, 0.25) is 0 Å². The Morgan fingerprint density at radius 3 is 2.28 bits per heavy atom. The fourth-order valence-corrected chi connectivity index (χ4v) is 5.72. The minimum Gasteiger partial charge on any atom is -0.337 e. The first-order valence-corrected chi connectivity index (χ1v) is 13.1. The first-order valence-electron chi connectivity index (χ1n) is 12.3. The number of hydrogen-bond donors (Lipinski definition) is 0. The SMILES string of the molecule is Cc1nc(-c2ccccc2)sc1C(=O)N1CCC(F)(F)C(=CC(=O)N2CCN(C)CC2)c2ccccc21.Cl.Cl. The van der Waals surface area contributed by atoms with E-state index < -0.39 is 18.3 Å². The van der Waals surface area contributed by atoms with Crippen molar-refractivity contribution in [1.29, 1.82) is 0 Å². The number of thiazole rings is 1. The standard InChI is InChI=1S/C28H28F2N4O2S.2ClH/c1-19-25(37-26(31-19)20-8-4-3-5-9-20)27(36)34-13-12-28(29,30)22(21-10-6-7-11-23(21)34)18-24(35)33-16-14-32(2)15-17-33;;/h3-11,18H,12-17H2,1-2H3;2*1H. The number of anilines is 1. The molecule has 0 atom stereocenters. The molecule has 2 aliphatic heterocycles. The highest BCUT2D eigenvalue weighted by atomic mass is 35.5. The van der Waals surface area contributed by atoms with Gasteiger partial charge in [0, 0.05) is 61.9 Å². The number of hydrogen-bond acceptors (Lipinski definition) is 5. The molecule has 0 saturated carbocycles. The summed E-state index contributed by atoms with van der Waals surface area (Å²) in [5.74, 6) is -4.07. The van der Waals surface area contributed by atoms with E-state index in [-0.39, 0.29) is 48.4 Å². The number of allylic oxidation sites excluding steroid dienone is 1. The summed E-state index contributed by atoms with van der Waals surface area (Å²) < 4.78 is 31.1. The molecule has 39 heavy (non-hydrogen) atoms. The Bertz CT molecular complexity index is 1360. The summed E-state index contributed by atoms with van der Waals surface area (Å²) in [6, 6.07) is 16.1. The van der Waals surface area contributed by atoms with E-state index in [9.17, 15) is 9.59 Å². The lowest BCUT2D eigenvalue weighted by molar-refractivity contribution is -0.127. The third-order valence-corrected chi connectivity index (χ3v) is 8.06. The number of aromatic nitrogens is 1. The molecule has 3 aromatic rings. The molecular weight excluding hydrogens is 565 g/mol. The number of halogens is 4. The first kappa shape index (κ1) is 30.7. The molecule has 0 unspecified atom stereocenters. The van der Waals surface area contributed by atoms with Gasteiger partial charge >= 0.3 is 0 Å². The van der Waals surface area contributed by atoms with Gasteiger partial charge in [0.25, 0.3) is 11.8 Å². The van der Waals surface area contributed by atoms with Gasteiger partial charge in [-0.25, -0.2) is 13.8 Å². The minimum atomic E-state index is -3.27. The molecule has 11 heteroatoms. The van der Waals surface area contributed by atoms with Crippen LogP contribution in [0, 0.1) is 6.92 Å². The monoisotopic (exact) mass is 594 g/mol. The molecule has 5 rings (SSSR count). The van der Waals surface area contributed by atoms with Gasteiger partial charge in [-0.05, 0) is 20.0 Å². The van der Waals surface area contributed by atoms with Crippen molar-refractivity contribution < 1.29 is 18.4 Å². The number of nitrogens with zero attached hydrogens (tertiary/aromatic N) is 4. The molecule has 1 saturated heterocycles. The molecule has 0 aliphatic carbocycles. The maximum atomic E-state index is 15.5. The first-order chi connectivity index (χ1) is 17.7. The number of fused-ring (bicyclic) bond motifs is 1. The summed E-state index contributed by atoms with van der Waals surface area (Å²) >= 11 is 1.26. The smallest absolute Gasteiger partial charge is 0.275 e. The maximum Gasteiger partial charge on any atom is 0.275 e. The zero-order valence-corrected chi connectivity index (χ0v) is 24.1. The predicted octanol–water partition coefficient (Wildman–Crippen LogP) is 5.81. The molecule has 1 aromatic heterocycles. The number of likely N-dealkylation sites (N-methyl/N-ethyl adjacent to an activating group) is 1. The van der Waals surface area contributed by atoms with Gasteiger partial charge in [0.2, 0.25) is 5.91 Å². The van der Waals surface area contributed by atoms with E-state index in [1.807, 2.05) is 37.4 Å². The summed E-state index contributed by atoms with van der Waals surface area (Å²) in [6.45, 7) is 3.96. The number of piperazine rings is 1. The molecule has 2 aliphatic rings. The molecule has 3 heterocycles. The van der Waals surface area contributed by atoms with Crippen LogP contribution in [-0.2, 0) is 4.79 Å². The number of benzene rings is 2. The number of carbonyl (C=O) groups is 2. The second-order valence-corrected chi connectivity index (χ2v) is 10.4. The van der Waals surface area contributed by atoms with Gasteiger partial charge in [-0.1, -0.05) is 48.5 Å². The van der Waals surface area contributed by atoms with Crippen molar-refractivity contribution in [3.8, 4) is 10.6 Å². The van der Waals surface area contributed by atoms with E-state index in [0.29, 0.717) is 47.4 Å². The van der Waals surface area contributed by atoms with E-state index in [2.05, 4.69) is 9.88 Å². The van der Waals surface area contributed by atoms with Gasteiger partial charge in [-0.15, -0.1) is 36.2 Å². The lowest BCUT2D eigenvalue weighted by atomic mass is 9.96. The van der Waals surface area contributed by atoms with Crippen LogP contribution in [0.25, 0.3) is 16.1 Å². The van der Waals surface area contributed by atoms with E-state index in [1.54, 1.807) is 36.1 Å². The van der Waals surface area contributed by atoms with Crippen LogP contribution >= 0.6 is 36.2 Å². The Hall–Kier alpha value is -2.85. The molecule has 208 valence electrons. The van der Waals surface area contributed by atoms with E-state index >= 15 is 8.78 Å². The Balaban J connectivity index is 0.00000210. The molecule has 6 nitrogen and oxygen atoms in total. The largest absolute Gasteiger partial charge is 0.337 e. The van der Waals surface area contributed by atoms with E-state index in [4.69, 9.17) is 0 Å². The second-order valence-electron chi connectivity index (χ2n) is 9.41. The second kappa shape index (κ2) is 12.6. The molecular formula is C28H30Cl2F2N4O2S. The van der Waals surface area contributed by atoms with Crippen molar-refractivity contribution >= 4 is 59.2 Å². The number of aryl methyl sites for hydroxylation is 1. The van der Waals surface area contributed by atoms with Crippen molar-refractivity contribution in [1.82, 2.24) is 14.8 Å². The van der Waals surface area contributed by atoms with Crippen LogP contribution in [-0.4, -0.2) is 72.3 Å². The number of alkyl halides is 2. The molecule has 0 spiro atoms. The van der Waals surface area contributed by atoms with Gasteiger partial charge in [0.15, 0.2) is 0 Å². The number of para-hydroxylation sites is 1. The molecule has 2 amide bonds. The van der Waals surface area contributed by atoms with E-state index in [0.717, 1.165) is 11.6 Å². The zero-order valence-electron chi connectivity index (χ0n) is 21.6. The topological polar surface area (TPSA) is 56.8 Å². The minimum absolute atomic E-state index is 0. The van der Waals surface area contributed by atoms with Gasteiger partial charge in [0.05, 0.1) is 11.4 Å². The molecule has 1 fully saturated rings. The van der Waals surface area contributed by atoms with Crippen molar-refractivity contribution in [2.24, 2.45) is 0 Å². The summed E-state index contributed by atoms with van der Waals surface area (Å²) in [5, 5.41) is 0.702. The number of rotatable bonds is 3. The average molecular weight is 596 g/mol. The Morgan fingerprint density at radius 1 is 0.949 bits per heavy atom. The average Bonchev–Trinajstić information content (AvgIpc) is 3.25. The van der Waals surface area contributed by atoms with E-state index in [1.165, 1.54) is 16.2 Å². The Kier molecular flexibility index (Phi) is 9.88. The lowest BCUT2D eigenvalue weighted by Crippen LogP contribution is -2.46. The third kappa shape index (κ3) is 6.32. The summed E-state index contributed by atoms with van der Waals surface area (Å²) in [4.78, 5) is 36.9. The third-order valence-electron chi connectivity index (χ3n) is 6.87. The molecule has 2 aromatic carbocycles. The van der Waals surface area contributed by atoms with Crippen molar-refractivity contribution in [3.05, 3.63) is 76.8 Å². The Morgan fingerprint density at radius 2 is 1.59 bits per heavy atom. The maximum absolute atomic E-state index is 15.5. The van der Waals surface area contributed by atoms with Crippen LogP contribution in [0.5, 0.6) is 0 Å². The highest BCUT2D eigenvalue weighted by molar-refractivity contribution is 7.17. The zero-order chi connectivity index (χ0) is 26.2. The predicted molar refractivity (Wildman–Crippen MR) is 157 cm³/mol. The van der Waals surface area contributed by atoms with Gasteiger partial charge in [-0.3, -0.25) is 9.59 Å². The van der Waals surface area contributed by atoms with Crippen LogP contribution in [0.1, 0.15) is 27.3 Å². The fraction of sp³-hybridized carbons (Fsp3) is 0.321. The van der Waals surface area contributed by atoms with Gasteiger partial charge < -0.3 is 14.7 Å². The lowest BCUT2D eigenvalue weighted by Gasteiger charge is -2.32. The number of carbonyl (C=O) groups excluding carboxylic acids is 2. The summed E-state index contributed by atoms with van der Waals surface area (Å²) in [7, 11) is 1.97. The van der Waals surface area contributed by atoms with Crippen molar-refractivity contribution in [2.45, 2.75) is 19.3 Å². The normalized spacial score (nSPS) is 18.0. The molecule has 0 radical (unpaired) electrons. The summed E-state index contributed by atoms with van der Waals surface area (Å²) in [5.41, 5.74) is 1.68.